The third kappa shape index (κ3) is 1.99. The first-order valence-corrected chi connectivity index (χ1v) is 5.30. The molecule has 0 aliphatic carbocycles. The van der Waals surface area contributed by atoms with E-state index >= 15 is 0 Å². The molecule has 0 radical (unpaired) electrons. The van der Waals surface area contributed by atoms with Crippen LogP contribution in [-0.4, -0.2) is 40.4 Å². The van der Waals surface area contributed by atoms with Crippen LogP contribution in [0.3, 0.4) is 0 Å². The number of carboxylic acid groups (broad SMARTS) is 1. The number of hydrogen-bond acceptors (Lipinski definition) is 4. The Hall–Kier alpha value is -1.62. The van der Waals surface area contributed by atoms with Crippen molar-refractivity contribution >= 4 is 11.8 Å². The number of aliphatic hydroxyl groups is 1. The molecule has 0 amide bonds. The van der Waals surface area contributed by atoms with E-state index in [1.807, 2.05) is 4.90 Å². The Bertz CT molecular complexity index is 395. The summed E-state index contributed by atoms with van der Waals surface area (Å²) in [6, 6.07) is 4.99. The van der Waals surface area contributed by atoms with E-state index in [9.17, 15) is 9.90 Å². The molecule has 1 fully saturated rings. The fourth-order valence-corrected chi connectivity index (χ4v) is 2.03. The van der Waals surface area contributed by atoms with E-state index in [1.165, 1.54) is 6.07 Å². The minimum Gasteiger partial charge on any atom is -0.477 e. The minimum absolute atomic E-state index is 0.0427. The zero-order valence-electron chi connectivity index (χ0n) is 8.83. The average molecular weight is 222 g/mol. The van der Waals surface area contributed by atoms with E-state index < -0.39 is 5.97 Å². The number of pyridine rings is 1. The van der Waals surface area contributed by atoms with Crippen LogP contribution in [0.1, 0.15) is 23.3 Å². The maximum absolute atomic E-state index is 10.8. The number of aromatic nitrogens is 1. The normalized spacial score (nSPS) is 20.1. The van der Waals surface area contributed by atoms with E-state index in [-0.39, 0.29) is 18.3 Å². The lowest BCUT2D eigenvalue weighted by molar-refractivity contribution is 0.0690. The Kier molecular flexibility index (Phi) is 3.05. The molecule has 2 rings (SSSR count). The van der Waals surface area contributed by atoms with E-state index in [0.29, 0.717) is 5.82 Å². The number of rotatable bonds is 3. The second-order valence-corrected chi connectivity index (χ2v) is 3.86. The molecule has 86 valence electrons. The van der Waals surface area contributed by atoms with Crippen LogP contribution in [0.25, 0.3) is 0 Å². The van der Waals surface area contributed by atoms with Crippen molar-refractivity contribution in [3.63, 3.8) is 0 Å². The molecule has 1 aromatic heterocycles. The Morgan fingerprint density at radius 1 is 1.56 bits per heavy atom. The fraction of sp³-hybridized carbons (Fsp3) is 0.455. The lowest BCUT2D eigenvalue weighted by Gasteiger charge is -2.24. The van der Waals surface area contributed by atoms with Crippen LogP contribution < -0.4 is 4.90 Å². The lowest BCUT2D eigenvalue weighted by atomic mass is 10.2. The molecule has 0 spiro atoms. The van der Waals surface area contributed by atoms with Crippen molar-refractivity contribution in [1.82, 2.24) is 4.98 Å². The number of aliphatic hydroxyl groups excluding tert-OH is 1. The van der Waals surface area contributed by atoms with Crippen LogP contribution in [0, 0.1) is 0 Å². The third-order valence-corrected chi connectivity index (χ3v) is 2.84. The first-order valence-electron chi connectivity index (χ1n) is 5.30. The number of carbonyl (C=O) groups is 1. The molecular formula is C11H14N2O3. The summed E-state index contributed by atoms with van der Waals surface area (Å²) in [5.74, 6) is -0.391. The summed E-state index contributed by atoms with van der Waals surface area (Å²) in [7, 11) is 0. The van der Waals surface area contributed by atoms with Crippen LogP contribution >= 0.6 is 0 Å². The Labute approximate surface area is 93.3 Å². The highest BCUT2D eigenvalue weighted by atomic mass is 16.4. The van der Waals surface area contributed by atoms with E-state index in [2.05, 4.69) is 4.98 Å². The van der Waals surface area contributed by atoms with Crippen molar-refractivity contribution in [1.29, 1.82) is 0 Å². The van der Waals surface area contributed by atoms with Crippen molar-refractivity contribution in [3.8, 4) is 0 Å². The first kappa shape index (κ1) is 10.9. The maximum atomic E-state index is 10.8. The molecule has 0 unspecified atom stereocenters. The standard InChI is InChI=1S/C11H14N2O3/c14-7-8-3-2-6-13(8)10-5-1-4-9(12-10)11(15)16/h1,4-5,8,14H,2-3,6-7H2,(H,15,16)/t8-/m1/s1. The van der Waals surface area contributed by atoms with Gasteiger partial charge in [-0.2, -0.15) is 0 Å². The number of carboxylic acids is 1. The van der Waals surface area contributed by atoms with Crippen molar-refractivity contribution in [2.75, 3.05) is 18.1 Å². The van der Waals surface area contributed by atoms with Gasteiger partial charge in [-0.3, -0.25) is 0 Å². The number of anilines is 1. The molecule has 5 heteroatoms. The Balaban J connectivity index is 2.26. The molecule has 1 aliphatic rings. The van der Waals surface area contributed by atoms with Crippen molar-refractivity contribution in [2.24, 2.45) is 0 Å². The Morgan fingerprint density at radius 2 is 2.38 bits per heavy atom. The van der Waals surface area contributed by atoms with Gasteiger partial charge in [0.2, 0.25) is 0 Å². The zero-order chi connectivity index (χ0) is 11.5. The van der Waals surface area contributed by atoms with E-state index in [4.69, 9.17) is 5.11 Å². The van der Waals surface area contributed by atoms with Crippen LogP contribution in [0.15, 0.2) is 18.2 Å². The highest BCUT2D eigenvalue weighted by molar-refractivity contribution is 5.85. The monoisotopic (exact) mass is 222 g/mol. The zero-order valence-corrected chi connectivity index (χ0v) is 8.83. The van der Waals surface area contributed by atoms with Gasteiger partial charge in [0.25, 0.3) is 0 Å². The van der Waals surface area contributed by atoms with Crippen molar-refractivity contribution < 1.29 is 15.0 Å². The molecule has 1 saturated heterocycles. The maximum Gasteiger partial charge on any atom is 0.354 e. The summed E-state index contributed by atoms with van der Waals surface area (Å²) in [6.45, 7) is 0.903. The SMILES string of the molecule is O=C(O)c1cccc(N2CCC[C@@H]2CO)n1. The van der Waals surface area contributed by atoms with Gasteiger partial charge < -0.3 is 15.1 Å². The van der Waals surface area contributed by atoms with Gasteiger partial charge in [-0.15, -0.1) is 0 Å². The molecule has 0 saturated carbocycles. The van der Waals surface area contributed by atoms with Gasteiger partial charge in [0.05, 0.1) is 12.6 Å². The van der Waals surface area contributed by atoms with E-state index in [0.717, 1.165) is 19.4 Å². The highest BCUT2D eigenvalue weighted by Gasteiger charge is 2.25. The van der Waals surface area contributed by atoms with E-state index in [1.54, 1.807) is 12.1 Å². The van der Waals surface area contributed by atoms with Gasteiger partial charge in [-0.25, -0.2) is 9.78 Å². The summed E-state index contributed by atoms with van der Waals surface area (Å²) in [5.41, 5.74) is 0.0427. The molecule has 1 atom stereocenters. The predicted molar refractivity (Wildman–Crippen MR) is 58.7 cm³/mol. The number of hydrogen-bond donors (Lipinski definition) is 2. The molecule has 16 heavy (non-hydrogen) atoms. The van der Waals surface area contributed by atoms with Crippen LogP contribution in [0.2, 0.25) is 0 Å². The molecule has 1 aromatic rings. The third-order valence-electron chi connectivity index (χ3n) is 2.84. The summed E-state index contributed by atoms with van der Waals surface area (Å²) < 4.78 is 0. The quantitative estimate of drug-likeness (QED) is 0.789. The molecule has 1 aliphatic heterocycles. The number of aromatic carboxylic acids is 1. The largest absolute Gasteiger partial charge is 0.477 e. The molecule has 0 aromatic carbocycles. The van der Waals surface area contributed by atoms with Crippen molar-refractivity contribution in [3.05, 3.63) is 23.9 Å². The van der Waals surface area contributed by atoms with Crippen LogP contribution in [-0.2, 0) is 0 Å². The molecule has 2 heterocycles. The van der Waals surface area contributed by atoms with Gasteiger partial charge in [-0.1, -0.05) is 6.07 Å². The molecular weight excluding hydrogens is 208 g/mol. The van der Waals surface area contributed by atoms with Crippen LogP contribution in [0.5, 0.6) is 0 Å². The molecule has 0 bridgehead atoms. The Morgan fingerprint density at radius 3 is 3.06 bits per heavy atom. The summed E-state index contributed by atoms with van der Waals surface area (Å²) in [6.07, 6.45) is 1.93. The van der Waals surface area contributed by atoms with Crippen molar-refractivity contribution in [2.45, 2.75) is 18.9 Å². The van der Waals surface area contributed by atoms with Crippen LogP contribution in [0.4, 0.5) is 5.82 Å². The van der Waals surface area contributed by atoms with Gasteiger partial charge in [0, 0.05) is 6.54 Å². The minimum atomic E-state index is -1.03. The number of nitrogens with zero attached hydrogens (tertiary/aromatic N) is 2. The topological polar surface area (TPSA) is 73.7 Å². The summed E-state index contributed by atoms with van der Waals surface area (Å²) in [4.78, 5) is 16.8. The average Bonchev–Trinajstić information content (AvgIpc) is 2.77. The second kappa shape index (κ2) is 4.49. The first-order chi connectivity index (χ1) is 7.72. The summed E-state index contributed by atoms with van der Waals surface area (Å²) >= 11 is 0. The lowest BCUT2D eigenvalue weighted by Crippen LogP contribution is -2.32. The van der Waals surface area contributed by atoms with Gasteiger partial charge in [0.15, 0.2) is 5.69 Å². The smallest absolute Gasteiger partial charge is 0.354 e. The fourth-order valence-electron chi connectivity index (χ4n) is 2.03. The molecule has 5 nitrogen and oxygen atoms in total. The highest BCUT2D eigenvalue weighted by Crippen LogP contribution is 2.23. The van der Waals surface area contributed by atoms with Gasteiger partial charge in [-0.05, 0) is 25.0 Å². The summed E-state index contributed by atoms with van der Waals surface area (Å²) in [5, 5.41) is 18.0. The second-order valence-electron chi connectivity index (χ2n) is 3.86. The molecule has 2 N–H and O–H groups in total. The van der Waals surface area contributed by atoms with Gasteiger partial charge in [0.1, 0.15) is 5.82 Å². The predicted octanol–water partition coefficient (Wildman–Crippen LogP) is 0.741. The van der Waals surface area contributed by atoms with Gasteiger partial charge >= 0.3 is 5.97 Å².